The number of nitrogens with one attached hydrogen (secondary N) is 2. The number of hydrogen-bond acceptors (Lipinski definition) is 6. The predicted molar refractivity (Wildman–Crippen MR) is 146 cm³/mol. The molecule has 38 heavy (non-hydrogen) atoms. The van der Waals surface area contributed by atoms with Gasteiger partial charge in [0.2, 0.25) is 0 Å². The third-order valence-electron chi connectivity index (χ3n) is 6.06. The molecule has 0 amide bonds. The third-order valence-corrected chi connectivity index (χ3v) is 9.68. The second-order valence-corrected chi connectivity index (χ2v) is 12.3. The summed E-state index contributed by atoms with van der Waals surface area (Å²) in [5.41, 5.74) is 1.64. The van der Waals surface area contributed by atoms with Crippen molar-refractivity contribution < 1.29 is 27.0 Å². The molecule has 6 nitrogen and oxygen atoms in total. The molecule has 4 rings (SSSR count). The zero-order chi connectivity index (χ0) is 27.4. The molecule has 0 radical (unpaired) electrons. The summed E-state index contributed by atoms with van der Waals surface area (Å²) in [5.74, 6) is -0.891. The number of methoxy groups -OCH3 is 1. The van der Waals surface area contributed by atoms with Crippen molar-refractivity contribution in [2.45, 2.75) is 36.2 Å². The molecular weight excluding hydrogens is 554 g/mol. The maximum absolute atomic E-state index is 13.9. The van der Waals surface area contributed by atoms with Gasteiger partial charge in [0.25, 0.3) is 10.0 Å². The van der Waals surface area contributed by atoms with E-state index in [1.165, 1.54) is 0 Å². The molecule has 0 spiro atoms. The summed E-state index contributed by atoms with van der Waals surface area (Å²) in [6, 6.07) is 14.4. The number of fused-ring (bicyclic) bond motifs is 1. The van der Waals surface area contributed by atoms with Crippen LogP contribution in [-0.2, 0) is 23.0 Å². The molecule has 1 heterocycles. The lowest BCUT2D eigenvalue weighted by atomic mass is 10.0. The molecule has 0 aliphatic carbocycles. The summed E-state index contributed by atoms with van der Waals surface area (Å²) in [6.45, 7) is 2.09. The highest BCUT2D eigenvalue weighted by Gasteiger charge is 2.29. The van der Waals surface area contributed by atoms with Crippen molar-refractivity contribution in [2.75, 3.05) is 13.7 Å². The van der Waals surface area contributed by atoms with Gasteiger partial charge in [-0.25, -0.2) is 21.9 Å². The molecule has 0 bridgehead atoms. The lowest BCUT2D eigenvalue weighted by Gasteiger charge is -2.25. The Labute approximate surface area is 229 Å². The highest BCUT2D eigenvalue weighted by molar-refractivity contribution is 7.91. The van der Waals surface area contributed by atoms with E-state index >= 15 is 0 Å². The molecule has 0 aliphatic heterocycles. The number of ether oxygens (including phenoxy) is 1. The Morgan fingerprint density at radius 2 is 1.79 bits per heavy atom. The second kappa shape index (κ2) is 12.1. The van der Waals surface area contributed by atoms with E-state index in [-0.39, 0.29) is 22.7 Å². The smallest absolute Gasteiger partial charge is 0.250 e. The Kier molecular flexibility index (Phi) is 9.02. The van der Waals surface area contributed by atoms with Gasteiger partial charge in [-0.2, -0.15) is 0 Å². The van der Waals surface area contributed by atoms with Crippen molar-refractivity contribution in [1.82, 2.24) is 10.0 Å². The first-order valence-electron chi connectivity index (χ1n) is 11.7. The number of aliphatic hydroxyl groups is 1. The number of hydrogen-bond donors (Lipinski definition) is 3. The van der Waals surface area contributed by atoms with E-state index in [0.717, 1.165) is 39.8 Å². The van der Waals surface area contributed by atoms with Gasteiger partial charge in [0, 0.05) is 28.9 Å². The van der Waals surface area contributed by atoms with Gasteiger partial charge in [-0.3, -0.25) is 0 Å². The molecular formula is C27H27ClF2N2O4S2. The van der Waals surface area contributed by atoms with Crippen molar-refractivity contribution in [2.24, 2.45) is 0 Å². The molecule has 2 atom stereocenters. The largest absolute Gasteiger partial charge is 0.497 e. The molecule has 0 aliphatic rings. The number of rotatable bonds is 11. The Balaban J connectivity index is 1.57. The van der Waals surface area contributed by atoms with Crippen molar-refractivity contribution in [1.29, 1.82) is 0 Å². The zero-order valence-electron chi connectivity index (χ0n) is 20.7. The minimum Gasteiger partial charge on any atom is -0.497 e. The van der Waals surface area contributed by atoms with Crippen LogP contribution in [-0.4, -0.2) is 39.3 Å². The molecule has 0 saturated carbocycles. The molecule has 11 heteroatoms. The van der Waals surface area contributed by atoms with Crippen LogP contribution in [0, 0.1) is 18.6 Å². The van der Waals surface area contributed by atoms with E-state index in [1.54, 1.807) is 32.2 Å². The van der Waals surface area contributed by atoms with Gasteiger partial charge in [0.1, 0.15) is 21.6 Å². The SMILES string of the molecule is COc1cccc(CNC[C@H](O)[C@@H](Cc2cc(F)cc(F)c2)NS(=O)(=O)c2sc3ccc(Cl)cc3c2C)c1. The Morgan fingerprint density at radius 1 is 1.05 bits per heavy atom. The van der Waals surface area contributed by atoms with E-state index in [4.69, 9.17) is 16.3 Å². The standard InChI is InChI=1S/C27H27ClF2N2O4S2/c1-16-23-12-19(28)6-7-26(23)37-27(16)38(34,35)32-24(11-18-8-20(29)13-21(30)9-18)25(33)15-31-14-17-4-3-5-22(10-17)36-2/h3-10,12-13,24-25,31-33H,11,14-15H2,1-2H3/t24-,25+/m1/s1. The highest BCUT2D eigenvalue weighted by atomic mass is 35.5. The second-order valence-electron chi connectivity index (χ2n) is 8.91. The fourth-order valence-electron chi connectivity index (χ4n) is 4.21. The maximum Gasteiger partial charge on any atom is 0.250 e. The zero-order valence-corrected chi connectivity index (χ0v) is 23.1. The van der Waals surface area contributed by atoms with Crippen LogP contribution in [0.5, 0.6) is 5.75 Å². The molecule has 3 N–H and O–H groups in total. The van der Waals surface area contributed by atoms with Crippen LogP contribution >= 0.6 is 22.9 Å². The fraction of sp³-hybridized carbons (Fsp3) is 0.259. The quantitative estimate of drug-likeness (QED) is 0.227. The molecule has 0 unspecified atom stereocenters. The third kappa shape index (κ3) is 6.88. The highest BCUT2D eigenvalue weighted by Crippen LogP contribution is 2.35. The van der Waals surface area contributed by atoms with Gasteiger partial charge in [0.15, 0.2) is 0 Å². The maximum atomic E-state index is 13.9. The van der Waals surface area contributed by atoms with Crippen molar-refractivity contribution >= 4 is 43.0 Å². The fourth-order valence-corrected chi connectivity index (χ4v) is 7.41. The summed E-state index contributed by atoms with van der Waals surface area (Å²) in [7, 11) is -2.54. The minimum atomic E-state index is -4.10. The average Bonchev–Trinajstić information content (AvgIpc) is 3.19. The molecule has 1 aromatic heterocycles. The van der Waals surface area contributed by atoms with Crippen LogP contribution in [0.4, 0.5) is 8.78 Å². The number of aryl methyl sites for hydroxylation is 1. The van der Waals surface area contributed by atoms with Crippen molar-refractivity contribution in [3.8, 4) is 5.75 Å². The summed E-state index contributed by atoms with van der Waals surface area (Å²) in [4.78, 5) is 0. The number of benzene rings is 3. The van der Waals surface area contributed by atoms with E-state index in [1.807, 2.05) is 24.3 Å². The number of aliphatic hydroxyl groups excluding tert-OH is 1. The Bertz CT molecular complexity index is 1530. The topological polar surface area (TPSA) is 87.7 Å². The molecule has 202 valence electrons. The predicted octanol–water partition coefficient (Wildman–Crippen LogP) is 5.19. The number of halogens is 3. The summed E-state index contributed by atoms with van der Waals surface area (Å²) in [5, 5.41) is 15.3. The number of sulfonamides is 1. The molecule has 0 saturated heterocycles. The van der Waals surface area contributed by atoms with Gasteiger partial charge in [-0.05, 0) is 77.9 Å². The Morgan fingerprint density at radius 3 is 2.50 bits per heavy atom. The monoisotopic (exact) mass is 580 g/mol. The van der Waals surface area contributed by atoms with Crippen LogP contribution in [0.25, 0.3) is 10.1 Å². The van der Waals surface area contributed by atoms with Crippen LogP contribution in [0.1, 0.15) is 16.7 Å². The van der Waals surface area contributed by atoms with E-state index in [2.05, 4.69) is 10.0 Å². The summed E-state index contributed by atoms with van der Waals surface area (Å²) in [6.07, 6.45) is -1.35. The molecule has 4 aromatic rings. The summed E-state index contributed by atoms with van der Waals surface area (Å²) < 4.78 is 63.3. The summed E-state index contributed by atoms with van der Waals surface area (Å²) >= 11 is 7.18. The molecule has 3 aromatic carbocycles. The normalized spacial score (nSPS) is 13.5. The number of thiophene rings is 1. The minimum absolute atomic E-state index is 0.0171. The van der Waals surface area contributed by atoms with E-state index < -0.39 is 33.8 Å². The van der Waals surface area contributed by atoms with Gasteiger partial charge >= 0.3 is 0 Å². The molecule has 0 fully saturated rings. The van der Waals surface area contributed by atoms with Crippen molar-refractivity contribution in [3.63, 3.8) is 0 Å². The first-order valence-corrected chi connectivity index (χ1v) is 14.4. The van der Waals surface area contributed by atoms with Gasteiger partial charge in [0.05, 0.1) is 19.3 Å². The van der Waals surface area contributed by atoms with Crippen LogP contribution in [0.15, 0.2) is 64.9 Å². The van der Waals surface area contributed by atoms with Gasteiger partial charge < -0.3 is 15.2 Å². The van der Waals surface area contributed by atoms with Gasteiger partial charge in [-0.15, -0.1) is 11.3 Å². The van der Waals surface area contributed by atoms with Gasteiger partial charge in [-0.1, -0.05) is 23.7 Å². The van der Waals surface area contributed by atoms with Crippen molar-refractivity contribution in [3.05, 3.63) is 94.0 Å². The van der Waals surface area contributed by atoms with Crippen LogP contribution in [0.3, 0.4) is 0 Å². The van der Waals surface area contributed by atoms with Crippen LogP contribution < -0.4 is 14.8 Å². The average molecular weight is 581 g/mol. The van der Waals surface area contributed by atoms with Crippen LogP contribution in [0.2, 0.25) is 5.02 Å². The lowest BCUT2D eigenvalue weighted by molar-refractivity contribution is 0.134. The Hall–Kier alpha value is -2.60. The van der Waals surface area contributed by atoms with E-state index in [9.17, 15) is 22.3 Å². The van der Waals surface area contributed by atoms with E-state index in [0.29, 0.717) is 28.3 Å². The first kappa shape index (κ1) is 28.4. The lowest BCUT2D eigenvalue weighted by Crippen LogP contribution is -2.48. The first-order chi connectivity index (χ1) is 18.1.